The Morgan fingerprint density at radius 2 is 1.43 bits per heavy atom. The van der Waals surface area contributed by atoms with E-state index in [2.05, 4.69) is 119 Å². The van der Waals surface area contributed by atoms with Gasteiger partial charge >= 0.3 is 6.09 Å². The second-order valence-electron chi connectivity index (χ2n) is 14.6. The van der Waals surface area contributed by atoms with E-state index in [4.69, 9.17) is 9.72 Å². The molecule has 1 N–H and O–H groups in total. The fourth-order valence-electron chi connectivity index (χ4n) is 7.70. The predicted molar refractivity (Wildman–Crippen MR) is 190 cm³/mol. The third-order valence-corrected chi connectivity index (χ3v) is 10.2. The van der Waals surface area contributed by atoms with Crippen LogP contribution in [0.15, 0.2) is 116 Å². The molecule has 2 saturated carbocycles. The highest BCUT2D eigenvalue weighted by Crippen LogP contribution is 2.52. The molecule has 246 valence electrons. The van der Waals surface area contributed by atoms with Gasteiger partial charge in [0.1, 0.15) is 11.1 Å². The number of imidazole rings is 1. The Hall–Kier alpha value is -4.12. The topological polar surface area (TPSA) is 56.1 Å². The lowest BCUT2D eigenvalue weighted by atomic mass is 9.76. The third-order valence-electron chi connectivity index (χ3n) is 10.2. The summed E-state index contributed by atoms with van der Waals surface area (Å²) in [5.74, 6) is 0.863. The molecule has 1 atom stereocenters. The zero-order valence-electron chi connectivity index (χ0n) is 28.4. The van der Waals surface area contributed by atoms with Crippen LogP contribution in [-0.4, -0.2) is 27.3 Å². The average molecular weight is 630 g/mol. The second-order valence-corrected chi connectivity index (χ2v) is 14.6. The molecular weight excluding hydrogens is 578 g/mol. The number of alkyl carbamates (subject to hydrolysis) is 1. The van der Waals surface area contributed by atoms with Crippen LogP contribution >= 0.6 is 0 Å². The summed E-state index contributed by atoms with van der Waals surface area (Å²) in [6, 6.07) is 32.0. The Morgan fingerprint density at radius 1 is 0.872 bits per heavy atom. The first-order valence-electron chi connectivity index (χ1n) is 17.7. The summed E-state index contributed by atoms with van der Waals surface area (Å²) < 4.78 is 8.05. The van der Waals surface area contributed by atoms with Gasteiger partial charge in [-0.25, -0.2) is 9.78 Å². The van der Waals surface area contributed by atoms with Crippen LogP contribution in [-0.2, 0) is 15.7 Å². The Labute approximate surface area is 281 Å². The van der Waals surface area contributed by atoms with Gasteiger partial charge in [-0.1, -0.05) is 135 Å². The number of amides is 1. The molecule has 6 rings (SSSR count). The van der Waals surface area contributed by atoms with Crippen LogP contribution in [0.3, 0.4) is 0 Å². The zero-order chi connectivity index (χ0) is 32.7. The Morgan fingerprint density at radius 3 is 1.94 bits per heavy atom. The number of aromatic nitrogens is 2. The van der Waals surface area contributed by atoms with Gasteiger partial charge in [-0.3, -0.25) is 0 Å². The van der Waals surface area contributed by atoms with Gasteiger partial charge in [0.2, 0.25) is 0 Å². The smallest absolute Gasteiger partial charge is 0.407 e. The van der Waals surface area contributed by atoms with Crippen molar-refractivity contribution in [3.63, 3.8) is 0 Å². The van der Waals surface area contributed by atoms with Crippen molar-refractivity contribution in [2.75, 3.05) is 0 Å². The fourth-order valence-corrected chi connectivity index (χ4v) is 7.70. The van der Waals surface area contributed by atoms with Crippen LogP contribution in [0.2, 0.25) is 0 Å². The van der Waals surface area contributed by atoms with E-state index >= 15 is 0 Å². The summed E-state index contributed by atoms with van der Waals surface area (Å²) >= 11 is 0. The van der Waals surface area contributed by atoms with Crippen LogP contribution in [0, 0.1) is 5.92 Å². The minimum atomic E-state index is -0.627. The van der Waals surface area contributed by atoms with Crippen molar-refractivity contribution in [1.82, 2.24) is 14.9 Å². The van der Waals surface area contributed by atoms with Gasteiger partial charge in [-0.15, -0.1) is 0 Å². The van der Waals surface area contributed by atoms with E-state index in [1.54, 1.807) is 0 Å². The van der Waals surface area contributed by atoms with Gasteiger partial charge in [-0.2, -0.15) is 0 Å². The molecule has 0 spiro atoms. The van der Waals surface area contributed by atoms with Crippen LogP contribution in [0.4, 0.5) is 4.79 Å². The molecule has 5 heteroatoms. The molecule has 1 heterocycles. The third kappa shape index (κ3) is 7.40. The first kappa shape index (κ1) is 32.8. The number of carbonyl (C=O) groups is 1. The number of ether oxygens (including phenoxy) is 1. The summed E-state index contributed by atoms with van der Waals surface area (Å²) in [5, 5.41) is 3.30. The summed E-state index contributed by atoms with van der Waals surface area (Å²) in [6.07, 6.45) is 20.4. The average Bonchev–Trinajstić information content (AvgIpc) is 3.74. The minimum Gasteiger partial charge on any atom is -0.444 e. The molecule has 2 aliphatic carbocycles. The molecule has 0 saturated heterocycles. The number of benzene rings is 3. The Kier molecular flexibility index (Phi) is 10.0. The van der Waals surface area contributed by atoms with Gasteiger partial charge in [0.25, 0.3) is 0 Å². The van der Waals surface area contributed by atoms with Gasteiger partial charge in [-0.05, 0) is 75.5 Å². The van der Waals surface area contributed by atoms with Crippen LogP contribution < -0.4 is 5.32 Å². The molecule has 4 aromatic rings. The highest BCUT2D eigenvalue weighted by atomic mass is 16.6. The van der Waals surface area contributed by atoms with E-state index in [-0.39, 0.29) is 17.6 Å². The molecule has 2 fully saturated rings. The van der Waals surface area contributed by atoms with Crippen LogP contribution in [0.1, 0.15) is 107 Å². The summed E-state index contributed by atoms with van der Waals surface area (Å²) in [5.41, 5.74) is 3.05. The minimum absolute atomic E-state index is 0.119. The van der Waals surface area contributed by atoms with E-state index in [9.17, 15) is 4.79 Å². The molecule has 1 unspecified atom stereocenters. The molecule has 0 radical (unpaired) electrons. The number of carbonyl (C=O) groups excluding carboxylic acids is 1. The normalized spacial score (nSPS) is 17.3. The van der Waals surface area contributed by atoms with Crippen molar-refractivity contribution in [2.24, 2.45) is 5.92 Å². The molecule has 47 heavy (non-hydrogen) atoms. The SMILES string of the molecule is CC(C)(C)OC(=O)NC(C/C=C/CCC1CCCCC1)C1(c2cn(C(c3ccccc3)(c3ccccc3)c3ccccc3)cn2)CC1. The van der Waals surface area contributed by atoms with Crippen LogP contribution in [0.5, 0.6) is 0 Å². The van der Waals surface area contributed by atoms with E-state index in [0.717, 1.165) is 54.0 Å². The Bertz CT molecular complexity index is 1500. The van der Waals surface area contributed by atoms with E-state index in [0.29, 0.717) is 0 Å². The maximum absolute atomic E-state index is 13.2. The molecule has 2 aliphatic rings. The quantitative estimate of drug-likeness (QED) is 0.125. The largest absolute Gasteiger partial charge is 0.444 e. The fraction of sp³-hybridized carbons (Fsp3) is 0.429. The van der Waals surface area contributed by atoms with E-state index < -0.39 is 11.1 Å². The van der Waals surface area contributed by atoms with Gasteiger partial charge < -0.3 is 14.6 Å². The number of hydrogen-bond donors (Lipinski definition) is 1. The van der Waals surface area contributed by atoms with Crippen molar-refractivity contribution in [2.45, 2.75) is 108 Å². The van der Waals surface area contributed by atoms with Gasteiger partial charge in [0, 0.05) is 17.7 Å². The monoisotopic (exact) mass is 629 g/mol. The van der Waals surface area contributed by atoms with E-state index in [1.807, 2.05) is 27.1 Å². The maximum Gasteiger partial charge on any atom is 0.407 e. The van der Waals surface area contributed by atoms with E-state index in [1.165, 1.54) is 38.5 Å². The first-order valence-corrected chi connectivity index (χ1v) is 17.7. The summed E-state index contributed by atoms with van der Waals surface area (Å²) in [7, 11) is 0. The number of hydrogen-bond acceptors (Lipinski definition) is 3. The molecule has 0 bridgehead atoms. The van der Waals surface area contributed by atoms with Crippen molar-refractivity contribution in [3.8, 4) is 0 Å². The van der Waals surface area contributed by atoms with Crippen molar-refractivity contribution < 1.29 is 9.53 Å². The van der Waals surface area contributed by atoms with Crippen LogP contribution in [0.25, 0.3) is 0 Å². The lowest BCUT2D eigenvalue weighted by molar-refractivity contribution is 0.0492. The molecular formula is C42H51N3O2. The van der Waals surface area contributed by atoms with Crippen molar-refractivity contribution in [3.05, 3.63) is 138 Å². The lowest BCUT2D eigenvalue weighted by Crippen LogP contribution is -2.45. The maximum atomic E-state index is 13.2. The highest BCUT2D eigenvalue weighted by Gasteiger charge is 2.53. The zero-order valence-corrected chi connectivity index (χ0v) is 28.4. The summed E-state index contributed by atoms with van der Waals surface area (Å²) in [4.78, 5) is 18.4. The first-order chi connectivity index (χ1) is 22.8. The van der Waals surface area contributed by atoms with Gasteiger partial charge in [0.05, 0.1) is 12.0 Å². The lowest BCUT2D eigenvalue weighted by Gasteiger charge is -2.37. The molecule has 1 amide bonds. The second kappa shape index (κ2) is 14.3. The standard InChI is InChI=1S/C42H51N3O2/c1-40(2,3)47-39(46)44-37(28-18-5-11-21-33-19-9-4-10-20-33)41(29-30-41)38-31-45(32-43-38)42(34-22-12-6-13-23-34,35-24-14-7-15-25-35)36-26-16-8-17-27-36/h5-8,12-18,22-27,31-33,37H,4,9-11,19-21,28-30H2,1-3H3,(H,44,46)/b18-5+. The predicted octanol–water partition coefficient (Wildman–Crippen LogP) is 9.95. The molecule has 3 aromatic carbocycles. The van der Waals surface area contributed by atoms with Gasteiger partial charge in [0.15, 0.2) is 0 Å². The highest BCUT2D eigenvalue weighted by molar-refractivity contribution is 5.68. The molecule has 5 nitrogen and oxygen atoms in total. The molecule has 1 aromatic heterocycles. The summed E-state index contributed by atoms with van der Waals surface area (Å²) in [6.45, 7) is 5.74. The number of nitrogens with zero attached hydrogens (tertiary/aromatic N) is 2. The Balaban J connectivity index is 1.34. The molecule has 0 aliphatic heterocycles. The number of rotatable bonds is 12. The van der Waals surface area contributed by atoms with Crippen molar-refractivity contribution >= 4 is 6.09 Å². The van der Waals surface area contributed by atoms with Crippen molar-refractivity contribution in [1.29, 1.82) is 0 Å². The number of allylic oxidation sites excluding steroid dienone is 1. The number of nitrogens with one attached hydrogen (secondary N) is 1.